The number of aryl methyl sites for hydroxylation is 1. The molecule has 0 aliphatic carbocycles. The fourth-order valence-electron chi connectivity index (χ4n) is 4.41. The molecule has 0 radical (unpaired) electrons. The Bertz CT molecular complexity index is 1320. The van der Waals surface area contributed by atoms with Crippen molar-refractivity contribution in [1.82, 2.24) is 14.6 Å². The number of rotatable bonds is 4. The number of hydrogen-bond donors (Lipinski definition) is 0. The molecule has 0 unspecified atom stereocenters. The van der Waals surface area contributed by atoms with Crippen molar-refractivity contribution in [2.75, 3.05) is 12.0 Å². The smallest absolute Gasteiger partial charge is 0.240 e. The van der Waals surface area contributed by atoms with Gasteiger partial charge in [0.25, 0.3) is 0 Å². The molecule has 0 saturated heterocycles. The van der Waals surface area contributed by atoms with Crippen LogP contribution in [-0.2, 0) is 11.2 Å². The molecule has 2 aromatic heterocycles. The van der Waals surface area contributed by atoms with Gasteiger partial charge in [-0.05, 0) is 62.6 Å². The van der Waals surface area contributed by atoms with Gasteiger partial charge in [-0.25, -0.2) is 0 Å². The minimum Gasteiger partial charge on any atom is -0.497 e. The molecular formula is C24H24N4O2S. The lowest BCUT2D eigenvalue weighted by Gasteiger charge is -2.25. The Morgan fingerprint density at radius 2 is 2.00 bits per heavy atom. The predicted molar refractivity (Wildman–Crippen MR) is 124 cm³/mol. The van der Waals surface area contributed by atoms with Gasteiger partial charge in [-0.15, -0.1) is 10.2 Å². The molecule has 0 bridgehead atoms. The fraction of sp³-hybridized carbons (Fsp3) is 0.292. The summed E-state index contributed by atoms with van der Waals surface area (Å²) in [4.78, 5) is 15.4. The summed E-state index contributed by atoms with van der Waals surface area (Å²) >= 11 is 1.44. The van der Waals surface area contributed by atoms with Crippen LogP contribution in [0.2, 0.25) is 0 Å². The molecule has 31 heavy (non-hydrogen) atoms. The summed E-state index contributed by atoms with van der Waals surface area (Å²) in [6.07, 6.45) is 0.886. The molecule has 1 aliphatic heterocycles. The van der Waals surface area contributed by atoms with Crippen molar-refractivity contribution >= 4 is 39.9 Å². The molecular weight excluding hydrogens is 408 g/mol. The monoisotopic (exact) mass is 432 g/mol. The predicted octanol–water partition coefficient (Wildman–Crippen LogP) is 4.66. The molecule has 0 N–H and O–H groups in total. The van der Waals surface area contributed by atoms with Gasteiger partial charge >= 0.3 is 0 Å². The van der Waals surface area contributed by atoms with Gasteiger partial charge < -0.3 is 9.64 Å². The summed E-state index contributed by atoms with van der Waals surface area (Å²) in [7, 11) is 1.66. The van der Waals surface area contributed by atoms with Crippen LogP contribution in [0.15, 0.2) is 53.7 Å². The summed E-state index contributed by atoms with van der Waals surface area (Å²) in [5.74, 6) is 0.865. The number of carbonyl (C=O) groups excluding carboxylic acids is 1. The summed E-state index contributed by atoms with van der Waals surface area (Å²) in [5.41, 5.74) is 5.11. The second-order valence-corrected chi connectivity index (χ2v) is 9.34. The highest BCUT2D eigenvalue weighted by Gasteiger charge is 2.34. The van der Waals surface area contributed by atoms with E-state index in [1.54, 1.807) is 7.11 Å². The minimum absolute atomic E-state index is 0.0909. The Kier molecular flexibility index (Phi) is 4.85. The molecule has 3 heterocycles. The molecule has 4 aromatic rings. The number of pyridine rings is 1. The number of anilines is 1. The molecule has 5 rings (SSSR count). The molecule has 0 saturated carbocycles. The van der Waals surface area contributed by atoms with Crippen LogP contribution in [0.5, 0.6) is 5.75 Å². The van der Waals surface area contributed by atoms with Crippen molar-refractivity contribution in [2.45, 2.75) is 43.6 Å². The lowest BCUT2D eigenvalue weighted by molar-refractivity contribution is -0.118. The molecule has 2 atom stereocenters. The summed E-state index contributed by atoms with van der Waals surface area (Å²) in [5, 5.41) is 10.3. The molecule has 0 spiro atoms. The van der Waals surface area contributed by atoms with Crippen LogP contribution < -0.4 is 9.64 Å². The Morgan fingerprint density at radius 3 is 2.81 bits per heavy atom. The van der Waals surface area contributed by atoms with Crippen LogP contribution in [0, 0.1) is 6.92 Å². The van der Waals surface area contributed by atoms with E-state index < -0.39 is 0 Å². The van der Waals surface area contributed by atoms with Crippen LogP contribution in [0.1, 0.15) is 25.0 Å². The van der Waals surface area contributed by atoms with E-state index in [1.165, 1.54) is 17.3 Å². The number of para-hydroxylation sites is 1. The highest BCUT2D eigenvalue weighted by molar-refractivity contribution is 8.00. The summed E-state index contributed by atoms with van der Waals surface area (Å²) < 4.78 is 7.45. The first-order chi connectivity index (χ1) is 15.0. The second kappa shape index (κ2) is 7.57. The average Bonchev–Trinajstić information content (AvgIpc) is 3.32. The Labute approximate surface area is 185 Å². The maximum Gasteiger partial charge on any atom is 0.240 e. The van der Waals surface area contributed by atoms with Gasteiger partial charge in [0.2, 0.25) is 5.91 Å². The van der Waals surface area contributed by atoms with Crippen molar-refractivity contribution in [3.63, 3.8) is 0 Å². The van der Waals surface area contributed by atoms with Crippen molar-refractivity contribution in [3.8, 4) is 5.75 Å². The van der Waals surface area contributed by atoms with Crippen LogP contribution in [0.25, 0.3) is 16.6 Å². The molecule has 158 valence electrons. The number of benzene rings is 2. The lowest BCUT2D eigenvalue weighted by atomic mass is 10.1. The Morgan fingerprint density at radius 1 is 1.19 bits per heavy atom. The fourth-order valence-corrected chi connectivity index (χ4v) is 5.33. The molecule has 6 nitrogen and oxygen atoms in total. The molecule has 1 amide bonds. The first kappa shape index (κ1) is 19.9. The number of carbonyl (C=O) groups is 1. The largest absolute Gasteiger partial charge is 0.497 e. The van der Waals surface area contributed by atoms with Crippen molar-refractivity contribution < 1.29 is 9.53 Å². The number of hydrogen-bond acceptors (Lipinski definition) is 5. The highest BCUT2D eigenvalue weighted by Crippen LogP contribution is 2.35. The van der Waals surface area contributed by atoms with E-state index in [1.807, 2.05) is 52.6 Å². The number of methoxy groups -OCH3 is 1. The summed E-state index contributed by atoms with van der Waals surface area (Å²) in [6.45, 7) is 6.11. The number of nitrogens with zero attached hydrogens (tertiary/aromatic N) is 4. The third-order valence-electron chi connectivity index (χ3n) is 5.95. The van der Waals surface area contributed by atoms with Crippen molar-refractivity contribution in [2.24, 2.45) is 0 Å². The van der Waals surface area contributed by atoms with Gasteiger partial charge in [-0.3, -0.25) is 9.20 Å². The second-order valence-electron chi connectivity index (χ2n) is 8.04. The van der Waals surface area contributed by atoms with Gasteiger partial charge in [0.1, 0.15) is 5.75 Å². The Hall–Kier alpha value is -3.06. The molecule has 2 aromatic carbocycles. The highest BCUT2D eigenvalue weighted by atomic mass is 32.2. The number of aromatic nitrogens is 3. The van der Waals surface area contributed by atoms with Gasteiger partial charge in [0, 0.05) is 23.2 Å². The first-order valence-electron chi connectivity index (χ1n) is 10.4. The lowest BCUT2D eigenvalue weighted by Crippen LogP contribution is -2.40. The topological polar surface area (TPSA) is 59.7 Å². The standard InChI is InChI=1S/C24H24N4O2S/c1-14-11-22-25-26-24(28(22)21-13-18(30-4)9-10-19(14)21)31-16(3)23(29)27-15(2)12-17-7-5-6-8-20(17)27/h5-11,13,15-16H,12H2,1-4H3/t15-,16-/m0/s1. The van der Waals surface area contributed by atoms with Gasteiger partial charge in [-0.1, -0.05) is 30.0 Å². The zero-order valence-corrected chi connectivity index (χ0v) is 18.8. The first-order valence-corrected chi connectivity index (χ1v) is 11.3. The van der Waals surface area contributed by atoms with Crippen LogP contribution >= 0.6 is 11.8 Å². The van der Waals surface area contributed by atoms with Gasteiger partial charge in [0.15, 0.2) is 10.8 Å². The molecule has 7 heteroatoms. The van der Waals surface area contributed by atoms with Crippen LogP contribution in [0.3, 0.4) is 0 Å². The third-order valence-corrected chi connectivity index (χ3v) is 6.98. The molecule has 0 fully saturated rings. The SMILES string of the molecule is COc1ccc2c(C)cc3nnc(S[C@@H](C)C(=O)N4c5ccccc5C[C@@H]4C)n3c2c1. The van der Waals surface area contributed by atoms with E-state index in [2.05, 4.69) is 36.2 Å². The number of fused-ring (bicyclic) bond motifs is 4. The maximum atomic E-state index is 13.4. The third kappa shape index (κ3) is 3.24. The van der Waals surface area contributed by atoms with E-state index in [0.29, 0.717) is 5.16 Å². The van der Waals surface area contributed by atoms with Crippen molar-refractivity contribution in [1.29, 1.82) is 0 Å². The van der Waals surface area contributed by atoms with Crippen LogP contribution in [-0.4, -0.2) is 38.9 Å². The van der Waals surface area contributed by atoms with E-state index >= 15 is 0 Å². The quantitative estimate of drug-likeness (QED) is 0.439. The number of amides is 1. The van der Waals surface area contributed by atoms with E-state index in [0.717, 1.165) is 40.0 Å². The normalized spacial score (nSPS) is 16.6. The van der Waals surface area contributed by atoms with E-state index in [9.17, 15) is 4.79 Å². The number of thioether (sulfide) groups is 1. The van der Waals surface area contributed by atoms with E-state index in [-0.39, 0.29) is 17.2 Å². The average molecular weight is 433 g/mol. The summed E-state index contributed by atoms with van der Waals surface area (Å²) in [6, 6.07) is 16.3. The minimum atomic E-state index is -0.303. The van der Waals surface area contributed by atoms with Gasteiger partial charge in [-0.2, -0.15) is 0 Å². The van der Waals surface area contributed by atoms with Gasteiger partial charge in [0.05, 0.1) is 17.9 Å². The zero-order valence-electron chi connectivity index (χ0n) is 18.0. The van der Waals surface area contributed by atoms with E-state index in [4.69, 9.17) is 4.74 Å². The maximum absolute atomic E-state index is 13.4. The number of ether oxygens (including phenoxy) is 1. The van der Waals surface area contributed by atoms with Crippen LogP contribution in [0.4, 0.5) is 5.69 Å². The van der Waals surface area contributed by atoms with Crippen molar-refractivity contribution in [3.05, 3.63) is 59.7 Å². The zero-order chi connectivity index (χ0) is 21.7. The Balaban J connectivity index is 1.52. The molecule has 1 aliphatic rings.